The van der Waals surface area contributed by atoms with Crippen LogP contribution in [0.5, 0.6) is 0 Å². The van der Waals surface area contributed by atoms with Crippen LogP contribution >= 0.6 is 0 Å². The normalized spacial score (nSPS) is 12.3. The summed E-state index contributed by atoms with van der Waals surface area (Å²) in [4.78, 5) is 18.5. The van der Waals surface area contributed by atoms with Crippen molar-refractivity contribution in [3.05, 3.63) is 71.2 Å². The van der Waals surface area contributed by atoms with Gasteiger partial charge >= 0.3 is 12.2 Å². The number of nitrogens with zero attached hydrogens (tertiary/aromatic N) is 2. The summed E-state index contributed by atoms with van der Waals surface area (Å²) in [6, 6.07) is 4.71. The van der Waals surface area contributed by atoms with Crippen molar-refractivity contribution in [2.75, 3.05) is 11.6 Å². The number of rotatable bonds is 6. The smallest absolute Gasteiger partial charge is 0.348 e. The van der Waals surface area contributed by atoms with Gasteiger partial charge in [-0.15, -0.1) is 0 Å². The number of nitrogens with two attached hydrogens (primary N) is 1. The van der Waals surface area contributed by atoms with E-state index in [-0.39, 0.29) is 28.5 Å². The lowest BCUT2D eigenvalue weighted by molar-refractivity contribution is -0.137. The van der Waals surface area contributed by atoms with Crippen LogP contribution in [0.25, 0.3) is 11.3 Å². The number of halogens is 6. The molecule has 0 radical (unpaired) electrons. The molecule has 1 atom stereocenters. The van der Waals surface area contributed by atoms with Crippen molar-refractivity contribution < 1.29 is 31.1 Å². The minimum Gasteiger partial charge on any atom is -0.348 e. The molecule has 0 aliphatic carbocycles. The van der Waals surface area contributed by atoms with E-state index in [0.717, 1.165) is 24.3 Å². The molecule has 0 aliphatic heterocycles. The van der Waals surface area contributed by atoms with Crippen LogP contribution in [0.4, 0.5) is 42.8 Å². The average molecular weight is 488 g/mol. The van der Waals surface area contributed by atoms with Gasteiger partial charge in [-0.1, -0.05) is 0 Å². The van der Waals surface area contributed by atoms with Gasteiger partial charge in [-0.2, -0.15) is 17.9 Å². The molecule has 3 rings (SSSR count). The van der Waals surface area contributed by atoms with Crippen LogP contribution in [-0.4, -0.2) is 22.3 Å². The second-order valence-electron chi connectivity index (χ2n) is 6.80. The average Bonchev–Trinajstić information content (AvgIpc) is 2.68. The first-order valence-corrected chi connectivity index (χ1v) is 10.9. The molecule has 33 heavy (non-hydrogen) atoms. The first-order chi connectivity index (χ1) is 15.4. The van der Waals surface area contributed by atoms with Crippen LogP contribution in [0, 0.1) is 17.5 Å². The van der Waals surface area contributed by atoms with Crippen molar-refractivity contribution in [3.63, 3.8) is 0 Å². The highest BCUT2D eigenvalue weighted by Crippen LogP contribution is 2.33. The fourth-order valence-electron chi connectivity index (χ4n) is 2.90. The van der Waals surface area contributed by atoms with Crippen LogP contribution in [0.3, 0.4) is 0 Å². The Hall–Kier alpha value is -3.48. The highest BCUT2D eigenvalue weighted by molar-refractivity contribution is 7.94. The molecule has 2 aromatic carbocycles. The van der Waals surface area contributed by atoms with Gasteiger partial charge in [0.15, 0.2) is 11.6 Å². The number of primary amides is 1. The van der Waals surface area contributed by atoms with E-state index in [0.29, 0.717) is 12.3 Å². The minimum atomic E-state index is -4.68. The lowest BCUT2D eigenvalue weighted by atomic mass is 10.1. The van der Waals surface area contributed by atoms with E-state index in [9.17, 15) is 31.1 Å². The molecule has 0 bridgehead atoms. The second-order valence-corrected chi connectivity index (χ2v) is 8.57. The number of hydrogen-bond donors (Lipinski definition) is 3. The van der Waals surface area contributed by atoms with E-state index in [1.54, 1.807) is 6.26 Å². The first kappa shape index (κ1) is 24.2. The molecule has 13 heteroatoms. The molecule has 174 valence electrons. The maximum atomic E-state index is 14.2. The summed E-state index contributed by atoms with van der Waals surface area (Å²) in [6.45, 7) is 0. The fraction of sp³-hybridized carbons (Fsp3) is 0.150. The Morgan fingerprint density at radius 2 is 1.82 bits per heavy atom. The number of carbonyl (C=O) groups excluding carboxylic acids is 1. The van der Waals surface area contributed by atoms with Crippen LogP contribution in [0.15, 0.2) is 42.6 Å². The lowest BCUT2D eigenvalue weighted by Gasteiger charge is -2.13. The Morgan fingerprint density at radius 1 is 1.09 bits per heavy atom. The maximum absolute atomic E-state index is 14.2. The summed E-state index contributed by atoms with van der Waals surface area (Å²) >= 11 is -0.850. The molecule has 0 saturated carbocycles. The van der Waals surface area contributed by atoms with Gasteiger partial charge in [0.05, 0.1) is 11.8 Å². The molecule has 6 nitrogen and oxygen atoms in total. The second kappa shape index (κ2) is 9.57. The zero-order valence-electron chi connectivity index (χ0n) is 16.8. The fourth-order valence-corrected chi connectivity index (χ4v) is 3.98. The monoisotopic (exact) mass is 488 g/mol. The molecule has 1 heterocycles. The van der Waals surface area contributed by atoms with Crippen LogP contribution in [0.2, 0.25) is 0 Å². The van der Waals surface area contributed by atoms with Gasteiger partial charge in [-0.25, -0.2) is 27.9 Å². The molecular formula is C20H16F6N5OS+. The molecule has 1 aromatic heterocycles. The molecule has 0 spiro atoms. The highest BCUT2D eigenvalue weighted by Gasteiger charge is 2.32. The maximum Gasteiger partial charge on any atom is 0.416 e. The standard InChI is InChI=1S/C20H15F6N5OS/c1-33(31-18(27)32)9-10-4-11(20(24,25)26)6-13(5-10)29-19-28-8-16(23)17(30-19)14-3-2-12(21)7-15(14)22/h2-8H,9H2,1H3,(H3-,27,28,29,30,31,32)/p+1. The van der Waals surface area contributed by atoms with Gasteiger partial charge in [0.1, 0.15) is 34.7 Å². The van der Waals surface area contributed by atoms with Crippen molar-refractivity contribution in [2.45, 2.75) is 11.9 Å². The lowest BCUT2D eigenvalue weighted by Crippen LogP contribution is -2.35. The third-order valence-electron chi connectivity index (χ3n) is 4.16. The summed E-state index contributed by atoms with van der Waals surface area (Å²) in [5.41, 5.74) is 3.35. The number of amides is 2. The summed E-state index contributed by atoms with van der Waals surface area (Å²) in [5.74, 6) is -3.22. The van der Waals surface area contributed by atoms with Crippen LogP contribution in [0.1, 0.15) is 11.1 Å². The number of nitrogens with one attached hydrogen (secondary N) is 2. The van der Waals surface area contributed by atoms with E-state index in [2.05, 4.69) is 20.0 Å². The molecule has 0 aliphatic rings. The number of alkyl halides is 3. The predicted octanol–water partition coefficient (Wildman–Crippen LogP) is 4.65. The number of benzene rings is 2. The van der Waals surface area contributed by atoms with E-state index in [4.69, 9.17) is 5.73 Å². The number of aromatic nitrogens is 2. The molecule has 1 unspecified atom stereocenters. The van der Waals surface area contributed by atoms with E-state index in [1.165, 1.54) is 6.07 Å². The van der Waals surface area contributed by atoms with Gasteiger partial charge in [0, 0.05) is 22.9 Å². The molecule has 3 aromatic rings. The number of anilines is 2. The van der Waals surface area contributed by atoms with E-state index in [1.807, 2.05) is 0 Å². The molecule has 2 amide bonds. The largest absolute Gasteiger partial charge is 0.416 e. The Kier molecular flexibility index (Phi) is 7.01. The highest BCUT2D eigenvalue weighted by atomic mass is 32.2. The number of urea groups is 1. The number of hydrogen-bond acceptors (Lipinski definition) is 4. The Morgan fingerprint density at radius 3 is 2.45 bits per heavy atom. The third kappa shape index (κ3) is 6.28. The molecule has 4 N–H and O–H groups in total. The summed E-state index contributed by atoms with van der Waals surface area (Å²) < 4.78 is 84.0. The van der Waals surface area contributed by atoms with Crippen molar-refractivity contribution in [2.24, 2.45) is 5.73 Å². The zero-order valence-corrected chi connectivity index (χ0v) is 17.6. The summed E-state index contributed by atoms with van der Waals surface area (Å²) in [7, 11) is 0. The predicted molar refractivity (Wildman–Crippen MR) is 112 cm³/mol. The zero-order chi connectivity index (χ0) is 24.3. The SMILES string of the molecule is C[S+](Cc1cc(Nc2ncc(F)c(-c3ccc(F)cc3F)n2)cc(C(F)(F)F)c1)NC(N)=O. The minimum absolute atomic E-state index is 0.0534. The Bertz CT molecular complexity index is 1190. The van der Waals surface area contributed by atoms with Crippen LogP contribution in [-0.2, 0) is 23.0 Å². The quantitative estimate of drug-likeness (QED) is 0.348. The van der Waals surface area contributed by atoms with Crippen molar-refractivity contribution in [3.8, 4) is 11.3 Å². The van der Waals surface area contributed by atoms with Gasteiger partial charge in [0.2, 0.25) is 5.95 Å². The van der Waals surface area contributed by atoms with Crippen molar-refractivity contribution in [1.29, 1.82) is 0 Å². The van der Waals surface area contributed by atoms with Crippen molar-refractivity contribution in [1.82, 2.24) is 14.7 Å². The van der Waals surface area contributed by atoms with Gasteiger partial charge < -0.3 is 11.1 Å². The van der Waals surface area contributed by atoms with Crippen LogP contribution < -0.4 is 15.8 Å². The molecular weight excluding hydrogens is 472 g/mol. The topological polar surface area (TPSA) is 92.9 Å². The van der Waals surface area contributed by atoms with E-state index < -0.39 is 52.0 Å². The first-order valence-electron chi connectivity index (χ1n) is 9.07. The summed E-state index contributed by atoms with van der Waals surface area (Å²) in [6.07, 6.45) is -2.38. The Labute approximate surface area is 186 Å². The Balaban J connectivity index is 1.96. The molecule has 0 fully saturated rings. The van der Waals surface area contributed by atoms with E-state index >= 15 is 0 Å². The summed E-state index contributed by atoms with van der Waals surface area (Å²) in [5, 5.41) is 2.54. The number of carbonyl (C=O) groups is 1. The van der Waals surface area contributed by atoms with Gasteiger partial charge in [0.25, 0.3) is 0 Å². The van der Waals surface area contributed by atoms with Crippen molar-refractivity contribution >= 4 is 28.7 Å². The third-order valence-corrected chi connectivity index (χ3v) is 5.48. The molecule has 0 saturated heterocycles. The van der Waals surface area contributed by atoms with Gasteiger partial charge in [-0.3, -0.25) is 0 Å². The van der Waals surface area contributed by atoms with Gasteiger partial charge in [-0.05, 0) is 30.3 Å².